The minimum atomic E-state index is -1.23. The minimum Gasteiger partial charge on any atom is -0.475 e. The standard InChI is InChI=1S/C13H12O4/c1-2-4-8-5-3-6-9-10(14)7-11(13(15)16)17-12(8)9/h3,5-7H,2,4H2,1H3,(H,15,16). The summed E-state index contributed by atoms with van der Waals surface area (Å²) in [5.74, 6) is -1.54. The van der Waals surface area contributed by atoms with Crippen LogP contribution >= 0.6 is 0 Å². The van der Waals surface area contributed by atoms with Gasteiger partial charge in [-0.2, -0.15) is 0 Å². The number of aryl methyl sites for hydroxylation is 1. The molecule has 1 N–H and O–H groups in total. The monoisotopic (exact) mass is 232 g/mol. The second kappa shape index (κ2) is 4.41. The number of hydrogen-bond acceptors (Lipinski definition) is 3. The third kappa shape index (κ3) is 2.06. The SMILES string of the molecule is CCCc1cccc2c(=O)cc(C(=O)O)oc12. The second-order valence-electron chi connectivity index (χ2n) is 3.82. The lowest BCUT2D eigenvalue weighted by Gasteiger charge is -2.04. The first-order valence-corrected chi connectivity index (χ1v) is 5.42. The molecule has 0 amide bonds. The van der Waals surface area contributed by atoms with Gasteiger partial charge in [-0.3, -0.25) is 4.79 Å². The third-order valence-electron chi connectivity index (χ3n) is 2.57. The lowest BCUT2D eigenvalue weighted by atomic mass is 10.1. The number of para-hydroxylation sites is 1. The molecule has 4 heteroatoms. The van der Waals surface area contributed by atoms with Crippen molar-refractivity contribution in [2.45, 2.75) is 19.8 Å². The molecule has 88 valence electrons. The van der Waals surface area contributed by atoms with E-state index >= 15 is 0 Å². The van der Waals surface area contributed by atoms with Gasteiger partial charge in [-0.15, -0.1) is 0 Å². The molecule has 0 spiro atoms. The lowest BCUT2D eigenvalue weighted by Crippen LogP contribution is -2.07. The Kier molecular flexibility index (Phi) is 2.95. The molecule has 0 fully saturated rings. The molecule has 1 heterocycles. The summed E-state index contributed by atoms with van der Waals surface area (Å²) in [5.41, 5.74) is 0.936. The molecule has 1 aromatic carbocycles. The van der Waals surface area contributed by atoms with E-state index in [-0.39, 0.29) is 11.2 Å². The van der Waals surface area contributed by atoms with Crippen LogP contribution in [0, 0.1) is 0 Å². The van der Waals surface area contributed by atoms with Crippen molar-refractivity contribution >= 4 is 16.9 Å². The first-order valence-electron chi connectivity index (χ1n) is 5.42. The van der Waals surface area contributed by atoms with E-state index < -0.39 is 5.97 Å². The van der Waals surface area contributed by atoms with Crippen molar-refractivity contribution in [1.29, 1.82) is 0 Å². The quantitative estimate of drug-likeness (QED) is 0.882. The van der Waals surface area contributed by atoms with E-state index in [1.165, 1.54) is 0 Å². The Hall–Kier alpha value is -2.10. The molecular weight excluding hydrogens is 220 g/mol. The number of benzene rings is 1. The van der Waals surface area contributed by atoms with E-state index in [0.29, 0.717) is 11.0 Å². The van der Waals surface area contributed by atoms with E-state index in [2.05, 4.69) is 0 Å². The molecule has 2 aromatic rings. The molecule has 0 aliphatic heterocycles. The molecule has 0 aliphatic carbocycles. The Bertz CT molecular complexity index is 625. The molecule has 0 atom stereocenters. The smallest absolute Gasteiger partial charge is 0.371 e. The Balaban J connectivity index is 2.78. The second-order valence-corrected chi connectivity index (χ2v) is 3.82. The number of rotatable bonds is 3. The van der Waals surface area contributed by atoms with Crippen molar-refractivity contribution in [3.63, 3.8) is 0 Å². The zero-order valence-electron chi connectivity index (χ0n) is 9.40. The van der Waals surface area contributed by atoms with Crippen molar-refractivity contribution in [3.05, 3.63) is 45.8 Å². The van der Waals surface area contributed by atoms with Crippen LogP contribution in [0.4, 0.5) is 0 Å². The van der Waals surface area contributed by atoms with Gasteiger partial charge < -0.3 is 9.52 Å². The molecule has 0 saturated heterocycles. The summed E-state index contributed by atoms with van der Waals surface area (Å²) in [7, 11) is 0. The predicted octanol–water partition coefficient (Wildman–Crippen LogP) is 2.44. The summed E-state index contributed by atoms with van der Waals surface area (Å²) in [4.78, 5) is 22.6. The maximum Gasteiger partial charge on any atom is 0.371 e. The van der Waals surface area contributed by atoms with Crippen LogP contribution < -0.4 is 5.43 Å². The van der Waals surface area contributed by atoms with E-state index in [1.54, 1.807) is 12.1 Å². The number of hydrogen-bond donors (Lipinski definition) is 1. The average molecular weight is 232 g/mol. The highest BCUT2D eigenvalue weighted by molar-refractivity contribution is 5.88. The third-order valence-corrected chi connectivity index (χ3v) is 2.57. The number of aromatic carboxylic acids is 1. The first-order chi connectivity index (χ1) is 8.13. The van der Waals surface area contributed by atoms with Crippen LogP contribution in [-0.2, 0) is 6.42 Å². The average Bonchev–Trinajstić information content (AvgIpc) is 2.30. The van der Waals surface area contributed by atoms with Crippen molar-refractivity contribution in [2.24, 2.45) is 0 Å². The van der Waals surface area contributed by atoms with Gasteiger partial charge in [-0.25, -0.2) is 4.79 Å². The number of fused-ring (bicyclic) bond motifs is 1. The summed E-state index contributed by atoms with van der Waals surface area (Å²) >= 11 is 0. The molecule has 0 saturated carbocycles. The highest BCUT2D eigenvalue weighted by Crippen LogP contribution is 2.18. The summed E-state index contributed by atoms with van der Waals surface area (Å²) in [6.07, 6.45) is 1.66. The van der Waals surface area contributed by atoms with Gasteiger partial charge in [-0.1, -0.05) is 25.5 Å². The maximum atomic E-state index is 11.7. The van der Waals surface area contributed by atoms with E-state index in [1.807, 2.05) is 13.0 Å². The fraction of sp³-hybridized carbons (Fsp3) is 0.231. The van der Waals surface area contributed by atoms with Crippen LogP contribution in [0.2, 0.25) is 0 Å². The number of carboxylic acids is 1. The van der Waals surface area contributed by atoms with E-state index in [4.69, 9.17) is 9.52 Å². The van der Waals surface area contributed by atoms with Gasteiger partial charge in [0.05, 0.1) is 5.39 Å². The summed E-state index contributed by atoms with van der Waals surface area (Å²) in [6, 6.07) is 6.29. The van der Waals surface area contributed by atoms with Crippen molar-refractivity contribution in [3.8, 4) is 0 Å². The van der Waals surface area contributed by atoms with Crippen LogP contribution in [0.5, 0.6) is 0 Å². The van der Waals surface area contributed by atoms with Crippen LogP contribution in [0.3, 0.4) is 0 Å². The maximum absolute atomic E-state index is 11.7. The Morgan fingerprint density at radius 1 is 1.41 bits per heavy atom. The Labute approximate surface area is 97.5 Å². The molecular formula is C13H12O4. The van der Waals surface area contributed by atoms with Crippen molar-refractivity contribution < 1.29 is 14.3 Å². The molecule has 0 unspecified atom stereocenters. The predicted molar refractivity (Wildman–Crippen MR) is 63.4 cm³/mol. The summed E-state index contributed by atoms with van der Waals surface area (Å²) in [6.45, 7) is 2.01. The zero-order chi connectivity index (χ0) is 12.4. The largest absolute Gasteiger partial charge is 0.475 e. The molecule has 0 bridgehead atoms. The molecule has 0 aliphatic rings. The van der Waals surface area contributed by atoms with Crippen LogP contribution in [-0.4, -0.2) is 11.1 Å². The van der Waals surface area contributed by atoms with E-state index in [9.17, 15) is 9.59 Å². The highest BCUT2D eigenvalue weighted by Gasteiger charge is 2.12. The van der Waals surface area contributed by atoms with Gasteiger partial charge in [0.2, 0.25) is 5.76 Å². The normalized spacial score (nSPS) is 10.6. The minimum absolute atomic E-state index is 0.314. The van der Waals surface area contributed by atoms with Gasteiger partial charge in [0.25, 0.3) is 0 Å². The summed E-state index contributed by atoms with van der Waals surface area (Å²) in [5, 5.41) is 9.29. The van der Waals surface area contributed by atoms with Gasteiger partial charge in [0.1, 0.15) is 5.58 Å². The molecule has 0 radical (unpaired) electrons. The van der Waals surface area contributed by atoms with E-state index in [0.717, 1.165) is 24.5 Å². The zero-order valence-corrected chi connectivity index (χ0v) is 9.40. The Morgan fingerprint density at radius 3 is 2.82 bits per heavy atom. The van der Waals surface area contributed by atoms with Gasteiger partial charge in [0.15, 0.2) is 5.43 Å². The topological polar surface area (TPSA) is 67.5 Å². The molecule has 17 heavy (non-hydrogen) atoms. The van der Waals surface area contributed by atoms with Gasteiger partial charge in [0, 0.05) is 6.07 Å². The lowest BCUT2D eigenvalue weighted by molar-refractivity contribution is 0.0663. The van der Waals surface area contributed by atoms with Gasteiger partial charge >= 0.3 is 5.97 Å². The van der Waals surface area contributed by atoms with Crippen molar-refractivity contribution in [1.82, 2.24) is 0 Å². The van der Waals surface area contributed by atoms with Gasteiger partial charge in [-0.05, 0) is 18.1 Å². The number of carbonyl (C=O) groups is 1. The van der Waals surface area contributed by atoms with Crippen molar-refractivity contribution in [2.75, 3.05) is 0 Å². The number of carboxylic acid groups (broad SMARTS) is 1. The fourth-order valence-corrected chi connectivity index (χ4v) is 1.81. The molecule has 1 aromatic heterocycles. The Morgan fingerprint density at radius 2 is 2.18 bits per heavy atom. The fourth-order valence-electron chi connectivity index (χ4n) is 1.81. The molecule has 2 rings (SSSR count). The summed E-state index contributed by atoms with van der Waals surface area (Å²) < 4.78 is 5.29. The first kappa shape index (κ1) is 11.4. The van der Waals surface area contributed by atoms with Crippen LogP contribution in [0.15, 0.2) is 33.5 Å². The molecule has 4 nitrogen and oxygen atoms in total. The van der Waals surface area contributed by atoms with Crippen LogP contribution in [0.25, 0.3) is 11.0 Å². The highest BCUT2D eigenvalue weighted by atomic mass is 16.4. The van der Waals surface area contributed by atoms with Crippen LogP contribution in [0.1, 0.15) is 29.5 Å².